The quantitative estimate of drug-likeness (QED) is 0.533. The van der Waals surface area contributed by atoms with E-state index in [1.165, 1.54) is 5.56 Å². The molecular weight excluding hydrogens is 217 g/mol. The zero-order valence-electron chi connectivity index (χ0n) is 8.06. The van der Waals surface area contributed by atoms with Crippen LogP contribution in [0.2, 0.25) is 0 Å². The number of fused-ring (bicyclic) bond motifs is 1. The van der Waals surface area contributed by atoms with E-state index in [2.05, 4.69) is 17.4 Å². The minimum atomic E-state index is -0.519. The van der Waals surface area contributed by atoms with Crippen molar-refractivity contribution in [1.82, 2.24) is 5.32 Å². The first-order chi connectivity index (χ1) is 6.62. The van der Waals surface area contributed by atoms with Crippen molar-refractivity contribution in [1.29, 1.82) is 0 Å². The number of rotatable bonds is 0. The lowest BCUT2D eigenvalue weighted by Gasteiger charge is -2.27. The standard InChI is InChI=1S/C11H13Cl2N/c1-11(13)9-5-3-2-4-8(9)6-7-14-10(11)12/h2-5,10,14H,6-7H2,1H3. The van der Waals surface area contributed by atoms with Gasteiger partial charge in [0.15, 0.2) is 0 Å². The summed E-state index contributed by atoms with van der Waals surface area (Å²) in [5.41, 5.74) is 2.22. The molecule has 0 fully saturated rings. The molecule has 0 aromatic heterocycles. The topological polar surface area (TPSA) is 12.0 Å². The van der Waals surface area contributed by atoms with Crippen molar-refractivity contribution in [2.75, 3.05) is 6.54 Å². The average Bonchev–Trinajstić information content (AvgIpc) is 2.27. The maximum Gasteiger partial charge on any atom is 0.106 e. The monoisotopic (exact) mass is 229 g/mol. The first-order valence-corrected chi connectivity index (χ1v) is 5.58. The zero-order chi connectivity index (χ0) is 10.2. The Kier molecular flexibility index (Phi) is 2.74. The highest BCUT2D eigenvalue weighted by molar-refractivity contribution is 6.32. The van der Waals surface area contributed by atoms with Crippen LogP contribution >= 0.6 is 23.2 Å². The molecule has 2 unspecified atom stereocenters. The fourth-order valence-corrected chi connectivity index (χ4v) is 2.37. The first-order valence-electron chi connectivity index (χ1n) is 4.77. The van der Waals surface area contributed by atoms with Crippen molar-refractivity contribution in [2.24, 2.45) is 0 Å². The smallest absolute Gasteiger partial charge is 0.106 e. The summed E-state index contributed by atoms with van der Waals surface area (Å²) in [5.74, 6) is 0. The Morgan fingerprint density at radius 2 is 2.14 bits per heavy atom. The lowest BCUT2D eigenvalue weighted by molar-refractivity contribution is 0.544. The van der Waals surface area contributed by atoms with Gasteiger partial charge in [0.25, 0.3) is 0 Å². The molecule has 1 N–H and O–H groups in total. The maximum absolute atomic E-state index is 6.46. The number of halogens is 2. The SMILES string of the molecule is CC1(Cl)c2ccccc2CCNC1Cl. The molecule has 1 aromatic rings. The van der Waals surface area contributed by atoms with Gasteiger partial charge < -0.3 is 0 Å². The van der Waals surface area contributed by atoms with Gasteiger partial charge in [-0.05, 0) is 24.5 Å². The van der Waals surface area contributed by atoms with Gasteiger partial charge in [0.05, 0.1) is 4.87 Å². The molecule has 0 aliphatic carbocycles. The molecule has 1 aliphatic rings. The van der Waals surface area contributed by atoms with E-state index in [9.17, 15) is 0 Å². The van der Waals surface area contributed by atoms with Crippen LogP contribution in [0.5, 0.6) is 0 Å². The van der Waals surface area contributed by atoms with Crippen LogP contribution in [0, 0.1) is 0 Å². The van der Waals surface area contributed by atoms with E-state index in [4.69, 9.17) is 23.2 Å². The van der Waals surface area contributed by atoms with Gasteiger partial charge in [-0.2, -0.15) is 0 Å². The molecule has 2 rings (SSSR count). The van der Waals surface area contributed by atoms with Crippen LogP contribution in [-0.4, -0.2) is 12.0 Å². The summed E-state index contributed by atoms with van der Waals surface area (Å²) < 4.78 is 0. The number of alkyl halides is 2. The van der Waals surface area contributed by atoms with Crippen molar-refractivity contribution in [3.8, 4) is 0 Å². The second-order valence-corrected chi connectivity index (χ2v) is 5.02. The van der Waals surface area contributed by atoms with Gasteiger partial charge >= 0.3 is 0 Å². The largest absolute Gasteiger partial charge is 0.299 e. The molecule has 1 heterocycles. The fourth-order valence-electron chi connectivity index (χ4n) is 1.88. The molecule has 1 aliphatic heterocycles. The predicted molar refractivity (Wildman–Crippen MR) is 61.0 cm³/mol. The first kappa shape index (κ1) is 10.3. The van der Waals surface area contributed by atoms with Crippen molar-refractivity contribution < 1.29 is 0 Å². The summed E-state index contributed by atoms with van der Waals surface area (Å²) in [6.45, 7) is 2.84. The van der Waals surface area contributed by atoms with Crippen LogP contribution in [0.15, 0.2) is 24.3 Å². The molecule has 3 heteroatoms. The second-order valence-electron chi connectivity index (χ2n) is 3.80. The van der Waals surface area contributed by atoms with Crippen LogP contribution < -0.4 is 5.32 Å². The number of nitrogens with one attached hydrogen (secondary N) is 1. The Hall–Kier alpha value is -0.240. The zero-order valence-corrected chi connectivity index (χ0v) is 9.57. The molecule has 1 aromatic carbocycles. The molecule has 76 valence electrons. The third-order valence-electron chi connectivity index (χ3n) is 2.74. The molecule has 0 saturated carbocycles. The fraction of sp³-hybridized carbons (Fsp3) is 0.455. The van der Waals surface area contributed by atoms with Crippen LogP contribution in [0.1, 0.15) is 18.1 Å². The summed E-state index contributed by atoms with van der Waals surface area (Å²) in [4.78, 5) is -0.519. The van der Waals surface area contributed by atoms with Crippen LogP contribution in [-0.2, 0) is 11.3 Å². The molecular formula is C11H13Cl2N. The Bertz CT molecular complexity index is 336. The van der Waals surface area contributed by atoms with Gasteiger partial charge in [-0.3, -0.25) is 5.32 Å². The minimum absolute atomic E-state index is 0.215. The molecule has 0 amide bonds. The van der Waals surface area contributed by atoms with Gasteiger partial charge in [0.1, 0.15) is 5.50 Å². The summed E-state index contributed by atoms with van der Waals surface area (Å²) in [5, 5.41) is 3.22. The molecule has 0 radical (unpaired) electrons. The lowest BCUT2D eigenvalue weighted by atomic mass is 9.94. The van der Waals surface area contributed by atoms with Gasteiger partial charge in [0, 0.05) is 6.54 Å². The van der Waals surface area contributed by atoms with Crippen LogP contribution in [0.4, 0.5) is 0 Å². The van der Waals surface area contributed by atoms with Crippen molar-refractivity contribution in [3.05, 3.63) is 35.4 Å². The molecule has 1 nitrogen and oxygen atoms in total. The van der Waals surface area contributed by atoms with Crippen molar-refractivity contribution in [2.45, 2.75) is 23.7 Å². The van der Waals surface area contributed by atoms with E-state index in [0.717, 1.165) is 18.5 Å². The third-order valence-corrected chi connectivity index (χ3v) is 3.86. The summed E-state index contributed by atoms with van der Waals surface area (Å²) in [6, 6.07) is 8.23. The highest BCUT2D eigenvalue weighted by Crippen LogP contribution is 2.37. The van der Waals surface area contributed by atoms with E-state index < -0.39 is 4.87 Å². The maximum atomic E-state index is 6.46. The molecule has 0 saturated heterocycles. The molecule has 14 heavy (non-hydrogen) atoms. The summed E-state index contributed by atoms with van der Waals surface area (Å²) in [7, 11) is 0. The van der Waals surface area contributed by atoms with E-state index >= 15 is 0 Å². The number of hydrogen-bond acceptors (Lipinski definition) is 1. The third kappa shape index (κ3) is 1.65. The second kappa shape index (κ2) is 3.73. The molecule has 0 spiro atoms. The Balaban J connectivity index is 2.51. The minimum Gasteiger partial charge on any atom is -0.299 e. The average molecular weight is 230 g/mol. The Morgan fingerprint density at radius 3 is 2.93 bits per heavy atom. The van der Waals surface area contributed by atoms with E-state index in [0.29, 0.717) is 0 Å². The van der Waals surface area contributed by atoms with E-state index in [-0.39, 0.29) is 5.50 Å². The summed E-state index contributed by atoms with van der Waals surface area (Å²) >= 11 is 12.7. The highest BCUT2D eigenvalue weighted by Gasteiger charge is 2.35. The normalized spacial score (nSPS) is 32.1. The van der Waals surface area contributed by atoms with Gasteiger partial charge in [0.2, 0.25) is 0 Å². The number of benzene rings is 1. The Labute approximate surface area is 94.4 Å². The van der Waals surface area contributed by atoms with Crippen molar-refractivity contribution in [3.63, 3.8) is 0 Å². The Morgan fingerprint density at radius 1 is 1.43 bits per heavy atom. The van der Waals surface area contributed by atoms with Gasteiger partial charge in [-0.15, -0.1) is 23.2 Å². The van der Waals surface area contributed by atoms with Crippen LogP contribution in [0.25, 0.3) is 0 Å². The van der Waals surface area contributed by atoms with Crippen molar-refractivity contribution >= 4 is 23.2 Å². The highest BCUT2D eigenvalue weighted by atomic mass is 35.5. The number of hydrogen-bond donors (Lipinski definition) is 1. The van der Waals surface area contributed by atoms with E-state index in [1.807, 2.05) is 19.1 Å². The van der Waals surface area contributed by atoms with Gasteiger partial charge in [-0.1, -0.05) is 24.3 Å². The molecule has 0 bridgehead atoms. The molecule has 2 atom stereocenters. The van der Waals surface area contributed by atoms with Gasteiger partial charge in [-0.25, -0.2) is 0 Å². The van der Waals surface area contributed by atoms with Crippen LogP contribution in [0.3, 0.4) is 0 Å². The predicted octanol–water partition coefficient (Wildman–Crippen LogP) is 2.85. The summed E-state index contributed by atoms with van der Waals surface area (Å²) in [6.07, 6.45) is 0.988. The van der Waals surface area contributed by atoms with E-state index in [1.54, 1.807) is 0 Å². The lowest BCUT2D eigenvalue weighted by Crippen LogP contribution is -2.37.